The molecule has 0 aromatic heterocycles. The molecule has 0 unspecified atom stereocenters. The van der Waals surface area contributed by atoms with Crippen molar-refractivity contribution in [2.24, 2.45) is 0 Å². The normalized spacial score (nSPS) is 11.3. The number of halogens is 2. The number of nitrogens with one attached hydrogen (secondary N) is 1. The maximum atomic E-state index is 12.2. The molecule has 0 aliphatic rings. The Balaban J connectivity index is 2.79. The van der Waals surface area contributed by atoms with Crippen molar-refractivity contribution in [3.05, 3.63) is 24.3 Å². The highest BCUT2D eigenvalue weighted by Crippen LogP contribution is 2.25. The zero-order valence-electron chi connectivity index (χ0n) is 9.95. The summed E-state index contributed by atoms with van der Waals surface area (Å²) in [5.74, 6) is -1.08. The predicted octanol–water partition coefficient (Wildman–Crippen LogP) is 1.26. The first-order chi connectivity index (χ1) is 9.33. The van der Waals surface area contributed by atoms with Gasteiger partial charge in [0.15, 0.2) is 9.84 Å². The molecule has 1 aromatic carbocycles. The molecule has 1 amide bonds. The molecule has 0 radical (unpaired) electrons. The topological polar surface area (TPSA) is 102 Å². The molecule has 0 fully saturated rings. The summed E-state index contributed by atoms with van der Waals surface area (Å²) >= 11 is 0. The summed E-state index contributed by atoms with van der Waals surface area (Å²) < 4.78 is 52.2. The summed E-state index contributed by atoms with van der Waals surface area (Å²) in [6.45, 7) is -3.63. The molecule has 1 rings (SSSR count). The third-order valence-corrected chi connectivity index (χ3v) is 3.73. The molecule has 0 bridgehead atoms. The number of hydroxylamine groups is 1. The summed E-state index contributed by atoms with van der Waals surface area (Å²) in [5.41, 5.74) is 1.52. The van der Waals surface area contributed by atoms with E-state index in [0.29, 0.717) is 0 Å². The van der Waals surface area contributed by atoms with Crippen molar-refractivity contribution in [2.45, 2.75) is 11.5 Å². The second kappa shape index (κ2) is 7.01. The molecule has 0 saturated carbocycles. The number of hydrogen-bond donors (Lipinski definition) is 2. The van der Waals surface area contributed by atoms with Gasteiger partial charge in [0, 0.05) is 0 Å². The van der Waals surface area contributed by atoms with E-state index in [4.69, 9.17) is 5.11 Å². The number of para-hydroxylation sites is 1. The van der Waals surface area contributed by atoms with Crippen LogP contribution in [-0.4, -0.2) is 38.6 Å². The van der Waals surface area contributed by atoms with Crippen molar-refractivity contribution >= 4 is 15.9 Å². The van der Waals surface area contributed by atoms with Gasteiger partial charge in [-0.05, 0) is 12.1 Å². The highest BCUT2D eigenvalue weighted by molar-refractivity contribution is 7.91. The Morgan fingerprint density at radius 3 is 2.60 bits per heavy atom. The van der Waals surface area contributed by atoms with Crippen molar-refractivity contribution in [1.82, 2.24) is 5.48 Å². The molecule has 0 saturated heterocycles. The molecule has 1 aromatic rings. The lowest BCUT2D eigenvalue weighted by Crippen LogP contribution is -2.25. The average molecular weight is 311 g/mol. The lowest BCUT2D eigenvalue weighted by Gasteiger charge is -2.11. The summed E-state index contributed by atoms with van der Waals surface area (Å²) in [6.07, 6.45) is -1.48. The number of ether oxygens (including phenoxy) is 1. The van der Waals surface area contributed by atoms with Crippen molar-refractivity contribution in [1.29, 1.82) is 0 Å². The third kappa shape index (κ3) is 4.97. The number of benzene rings is 1. The van der Waals surface area contributed by atoms with Gasteiger partial charge in [-0.3, -0.25) is 4.84 Å². The zero-order valence-corrected chi connectivity index (χ0v) is 10.8. The van der Waals surface area contributed by atoms with Crippen LogP contribution >= 0.6 is 0 Å². The maximum absolute atomic E-state index is 12.2. The second-order valence-corrected chi connectivity index (χ2v) is 5.48. The van der Waals surface area contributed by atoms with Gasteiger partial charge >= 0.3 is 12.7 Å². The van der Waals surface area contributed by atoms with Gasteiger partial charge in [0.05, 0.1) is 12.4 Å². The second-order valence-electron chi connectivity index (χ2n) is 3.40. The highest BCUT2D eigenvalue weighted by Gasteiger charge is 2.21. The van der Waals surface area contributed by atoms with Gasteiger partial charge in [-0.2, -0.15) is 14.3 Å². The van der Waals surface area contributed by atoms with E-state index in [0.717, 1.165) is 12.1 Å². The Labute approximate surface area is 113 Å². The fourth-order valence-electron chi connectivity index (χ4n) is 1.27. The molecule has 20 heavy (non-hydrogen) atoms. The Morgan fingerprint density at radius 1 is 1.35 bits per heavy atom. The van der Waals surface area contributed by atoms with Gasteiger partial charge < -0.3 is 9.84 Å². The van der Waals surface area contributed by atoms with E-state index in [1.807, 2.05) is 0 Å². The van der Waals surface area contributed by atoms with E-state index in [-0.39, 0.29) is 0 Å². The first-order valence-corrected chi connectivity index (χ1v) is 6.85. The number of amides is 1. The molecule has 10 heteroatoms. The first-order valence-electron chi connectivity index (χ1n) is 5.20. The first kappa shape index (κ1) is 16.1. The van der Waals surface area contributed by atoms with E-state index in [9.17, 15) is 22.0 Å². The summed E-state index contributed by atoms with van der Waals surface area (Å²) in [4.78, 5) is 14.0. The number of carbonyl (C=O) groups is 1. The van der Waals surface area contributed by atoms with Crippen LogP contribution in [0.2, 0.25) is 0 Å². The molecule has 2 N–H and O–H groups in total. The summed E-state index contributed by atoms with van der Waals surface area (Å²) in [5, 5.41) is 8.21. The number of hydrogen-bond acceptors (Lipinski definition) is 5. The van der Waals surface area contributed by atoms with Crippen LogP contribution in [0.5, 0.6) is 5.75 Å². The SMILES string of the molecule is O=C(O)NOCCS(=O)(=O)c1ccccc1OC(F)F. The fraction of sp³-hybridized carbons (Fsp3) is 0.300. The number of sulfone groups is 1. The Bertz CT molecular complexity index is 563. The van der Waals surface area contributed by atoms with Crippen molar-refractivity contribution in [3.8, 4) is 5.75 Å². The fourth-order valence-corrected chi connectivity index (χ4v) is 2.51. The lowest BCUT2D eigenvalue weighted by atomic mass is 10.3. The van der Waals surface area contributed by atoms with Crippen LogP contribution in [0.25, 0.3) is 0 Å². The van der Waals surface area contributed by atoms with Gasteiger partial charge in [0.2, 0.25) is 0 Å². The average Bonchev–Trinajstić information content (AvgIpc) is 2.34. The molecule has 112 valence electrons. The minimum atomic E-state index is -3.95. The van der Waals surface area contributed by atoms with E-state index in [1.165, 1.54) is 17.6 Å². The van der Waals surface area contributed by atoms with Crippen molar-refractivity contribution in [3.63, 3.8) is 0 Å². The van der Waals surface area contributed by atoms with E-state index >= 15 is 0 Å². The molecule has 0 atom stereocenters. The zero-order chi connectivity index (χ0) is 15.2. The Hall–Kier alpha value is -1.94. The van der Waals surface area contributed by atoms with E-state index in [2.05, 4.69) is 9.57 Å². The standard InChI is InChI=1S/C10H11F2NO6S/c11-9(12)19-7-3-1-2-4-8(7)20(16,17)6-5-18-13-10(14)15/h1-4,9,13H,5-6H2,(H,14,15). The van der Waals surface area contributed by atoms with E-state index in [1.54, 1.807) is 0 Å². The van der Waals surface area contributed by atoms with E-state index < -0.39 is 45.5 Å². The van der Waals surface area contributed by atoms with Crippen LogP contribution in [-0.2, 0) is 14.7 Å². The van der Waals surface area contributed by atoms with Gasteiger partial charge in [0.1, 0.15) is 10.6 Å². The number of rotatable bonds is 7. The Morgan fingerprint density at radius 2 is 2.00 bits per heavy atom. The molecule has 0 aliphatic heterocycles. The quantitative estimate of drug-likeness (QED) is 0.580. The smallest absolute Gasteiger partial charge is 0.428 e. The number of carboxylic acid groups (broad SMARTS) is 1. The minimum absolute atomic E-state index is 0.417. The van der Waals surface area contributed by atoms with Gasteiger partial charge in [-0.25, -0.2) is 13.2 Å². The number of alkyl halides is 2. The van der Waals surface area contributed by atoms with Crippen molar-refractivity contribution in [2.75, 3.05) is 12.4 Å². The maximum Gasteiger partial charge on any atom is 0.428 e. The van der Waals surface area contributed by atoms with Crippen LogP contribution in [0, 0.1) is 0 Å². The van der Waals surface area contributed by atoms with Gasteiger partial charge in [-0.1, -0.05) is 12.1 Å². The lowest BCUT2D eigenvalue weighted by molar-refractivity contribution is -0.0517. The van der Waals surface area contributed by atoms with Crippen LogP contribution in [0.4, 0.5) is 13.6 Å². The monoisotopic (exact) mass is 311 g/mol. The van der Waals surface area contributed by atoms with Crippen LogP contribution in [0.3, 0.4) is 0 Å². The van der Waals surface area contributed by atoms with Gasteiger partial charge in [-0.15, -0.1) is 0 Å². The molecular weight excluding hydrogens is 300 g/mol. The van der Waals surface area contributed by atoms with Crippen LogP contribution in [0.1, 0.15) is 0 Å². The highest BCUT2D eigenvalue weighted by atomic mass is 32.2. The van der Waals surface area contributed by atoms with Crippen molar-refractivity contribution < 1.29 is 36.7 Å². The third-order valence-electron chi connectivity index (χ3n) is 2.01. The molecule has 0 spiro atoms. The molecule has 0 aliphatic carbocycles. The molecule has 0 heterocycles. The van der Waals surface area contributed by atoms with Gasteiger partial charge in [0.25, 0.3) is 0 Å². The van der Waals surface area contributed by atoms with Crippen LogP contribution < -0.4 is 10.2 Å². The Kier molecular flexibility index (Phi) is 5.65. The largest absolute Gasteiger partial charge is 0.464 e. The summed E-state index contributed by atoms with van der Waals surface area (Å²) in [7, 11) is -3.95. The molecule has 7 nitrogen and oxygen atoms in total. The van der Waals surface area contributed by atoms with Crippen LogP contribution in [0.15, 0.2) is 29.2 Å². The minimum Gasteiger partial charge on any atom is -0.464 e. The molecular formula is C10H11F2NO6S. The predicted molar refractivity (Wildman–Crippen MR) is 62.2 cm³/mol. The summed E-state index contributed by atoms with van der Waals surface area (Å²) in [6, 6.07) is 4.90.